The number of amides is 3. The zero-order chi connectivity index (χ0) is 22.4. The molecular weight excluding hydrogens is 407 g/mol. The van der Waals surface area contributed by atoms with Crippen molar-refractivity contribution in [2.45, 2.75) is 31.5 Å². The molecule has 1 aliphatic heterocycles. The molecule has 5 nitrogen and oxygen atoms in total. The summed E-state index contributed by atoms with van der Waals surface area (Å²) in [6, 6.07) is 10.9. The van der Waals surface area contributed by atoms with E-state index in [1.807, 2.05) is 0 Å². The van der Waals surface area contributed by atoms with E-state index in [4.69, 9.17) is 0 Å². The fourth-order valence-corrected chi connectivity index (χ4v) is 3.58. The van der Waals surface area contributed by atoms with Gasteiger partial charge >= 0.3 is 12.2 Å². The molecule has 0 saturated carbocycles. The van der Waals surface area contributed by atoms with E-state index >= 15 is 0 Å². The predicted octanol–water partition coefficient (Wildman–Crippen LogP) is 5.38. The zero-order valence-electron chi connectivity index (χ0n) is 16.9. The fraction of sp³-hybridized carbons (Fsp3) is 0.304. The molecule has 3 amide bonds. The number of piperidine rings is 1. The molecule has 1 heterocycles. The molecule has 0 spiro atoms. The van der Waals surface area contributed by atoms with E-state index in [0.717, 1.165) is 25.0 Å². The van der Waals surface area contributed by atoms with Crippen LogP contribution in [-0.2, 0) is 6.18 Å². The summed E-state index contributed by atoms with van der Waals surface area (Å²) in [6.45, 7) is 4.42. The average molecular weight is 431 g/mol. The number of carbonyl (C=O) groups excluding carboxylic acids is 2. The molecular formula is C23H24F3N3O2. The largest absolute Gasteiger partial charge is 0.416 e. The predicted molar refractivity (Wildman–Crippen MR) is 113 cm³/mol. The number of hydrogen-bond acceptors (Lipinski definition) is 2. The Bertz CT molecular complexity index is 925. The Balaban J connectivity index is 1.69. The van der Waals surface area contributed by atoms with Gasteiger partial charge in [0.2, 0.25) is 0 Å². The van der Waals surface area contributed by atoms with Crippen LogP contribution in [0.1, 0.15) is 46.8 Å². The Morgan fingerprint density at radius 1 is 1.06 bits per heavy atom. The minimum Gasteiger partial charge on any atom is -0.349 e. The number of hydrogen-bond donors (Lipinski definition) is 2. The van der Waals surface area contributed by atoms with Crippen LogP contribution in [0.4, 0.5) is 23.7 Å². The van der Waals surface area contributed by atoms with Crippen molar-refractivity contribution in [3.8, 4) is 0 Å². The maximum atomic E-state index is 12.9. The Kier molecular flexibility index (Phi) is 6.99. The SMILES string of the molecule is C=CCNC(=O)c1ccc(NC(=O)N2CCCC[C@H]2c2ccc(C(F)(F)F)cc2)cc1. The van der Waals surface area contributed by atoms with Gasteiger partial charge in [-0.2, -0.15) is 13.2 Å². The molecule has 1 atom stereocenters. The Morgan fingerprint density at radius 3 is 2.35 bits per heavy atom. The summed E-state index contributed by atoms with van der Waals surface area (Å²) in [4.78, 5) is 26.5. The number of carbonyl (C=O) groups is 2. The Labute approximate surface area is 178 Å². The summed E-state index contributed by atoms with van der Waals surface area (Å²) in [5, 5.41) is 5.49. The first-order valence-electron chi connectivity index (χ1n) is 10.0. The maximum Gasteiger partial charge on any atom is 0.416 e. The molecule has 0 bridgehead atoms. The second-order valence-electron chi connectivity index (χ2n) is 7.33. The van der Waals surface area contributed by atoms with Crippen molar-refractivity contribution in [3.63, 3.8) is 0 Å². The Hall–Kier alpha value is -3.29. The molecule has 2 aromatic carbocycles. The summed E-state index contributed by atoms with van der Waals surface area (Å²) < 4.78 is 38.5. The van der Waals surface area contributed by atoms with Gasteiger partial charge < -0.3 is 15.5 Å². The normalized spacial score (nSPS) is 16.5. The lowest BCUT2D eigenvalue weighted by Crippen LogP contribution is -2.41. The lowest BCUT2D eigenvalue weighted by atomic mass is 9.95. The molecule has 0 radical (unpaired) electrons. The smallest absolute Gasteiger partial charge is 0.349 e. The van der Waals surface area contributed by atoms with E-state index in [1.54, 1.807) is 35.2 Å². The van der Waals surface area contributed by atoms with E-state index in [0.29, 0.717) is 36.3 Å². The summed E-state index contributed by atoms with van der Waals surface area (Å²) in [7, 11) is 0. The molecule has 8 heteroatoms. The minimum absolute atomic E-state index is 0.240. The van der Waals surface area contributed by atoms with Crippen molar-refractivity contribution in [1.82, 2.24) is 10.2 Å². The third-order valence-corrected chi connectivity index (χ3v) is 5.19. The van der Waals surface area contributed by atoms with Gasteiger partial charge in [0.15, 0.2) is 0 Å². The van der Waals surface area contributed by atoms with Crippen molar-refractivity contribution in [1.29, 1.82) is 0 Å². The van der Waals surface area contributed by atoms with Gasteiger partial charge in [-0.25, -0.2) is 4.79 Å². The van der Waals surface area contributed by atoms with E-state index in [2.05, 4.69) is 17.2 Å². The van der Waals surface area contributed by atoms with E-state index < -0.39 is 11.7 Å². The molecule has 0 aromatic heterocycles. The van der Waals surface area contributed by atoms with Gasteiger partial charge in [0.25, 0.3) is 5.91 Å². The number of nitrogens with zero attached hydrogens (tertiary/aromatic N) is 1. The second kappa shape index (κ2) is 9.68. The lowest BCUT2D eigenvalue weighted by Gasteiger charge is -2.36. The van der Waals surface area contributed by atoms with Crippen LogP contribution >= 0.6 is 0 Å². The average Bonchev–Trinajstić information content (AvgIpc) is 2.77. The number of alkyl halides is 3. The van der Waals surface area contributed by atoms with Gasteiger partial charge in [0, 0.05) is 24.3 Å². The van der Waals surface area contributed by atoms with Crippen molar-refractivity contribution >= 4 is 17.6 Å². The number of benzene rings is 2. The van der Waals surface area contributed by atoms with Crippen molar-refractivity contribution in [2.75, 3.05) is 18.4 Å². The van der Waals surface area contributed by atoms with Gasteiger partial charge in [-0.1, -0.05) is 18.2 Å². The van der Waals surface area contributed by atoms with Gasteiger partial charge in [0.1, 0.15) is 0 Å². The second-order valence-corrected chi connectivity index (χ2v) is 7.33. The van der Waals surface area contributed by atoms with Crippen molar-refractivity contribution in [3.05, 3.63) is 77.9 Å². The van der Waals surface area contributed by atoms with Gasteiger partial charge in [0.05, 0.1) is 11.6 Å². The van der Waals surface area contributed by atoms with Crippen molar-refractivity contribution in [2.24, 2.45) is 0 Å². The highest BCUT2D eigenvalue weighted by Gasteiger charge is 2.32. The number of halogens is 3. The summed E-state index contributed by atoms with van der Waals surface area (Å²) in [6.07, 6.45) is -0.409. The van der Waals surface area contributed by atoms with Crippen LogP contribution in [0.2, 0.25) is 0 Å². The third-order valence-electron chi connectivity index (χ3n) is 5.19. The van der Waals surface area contributed by atoms with Crippen LogP contribution in [0.5, 0.6) is 0 Å². The molecule has 1 saturated heterocycles. The molecule has 31 heavy (non-hydrogen) atoms. The minimum atomic E-state index is -4.39. The van der Waals surface area contributed by atoms with E-state index in [1.165, 1.54) is 12.1 Å². The standard InChI is InChI=1S/C23H24F3N3O2/c1-2-14-27-21(30)17-8-12-19(13-9-17)28-22(31)29-15-4-3-5-20(29)16-6-10-18(11-7-16)23(24,25)26/h2,6-13,20H,1,3-5,14-15H2,(H,27,30)(H,28,31)/t20-/m0/s1. The van der Waals surface area contributed by atoms with E-state index in [9.17, 15) is 22.8 Å². The first kappa shape index (κ1) is 22.4. The first-order valence-corrected chi connectivity index (χ1v) is 10.0. The topological polar surface area (TPSA) is 61.4 Å². The summed E-state index contributed by atoms with van der Waals surface area (Å²) in [5.74, 6) is -0.240. The van der Waals surface area contributed by atoms with Crippen LogP contribution in [0, 0.1) is 0 Å². The van der Waals surface area contributed by atoms with E-state index in [-0.39, 0.29) is 18.0 Å². The van der Waals surface area contributed by atoms with Crippen LogP contribution in [0.25, 0.3) is 0 Å². The number of rotatable bonds is 5. The Morgan fingerprint density at radius 2 is 1.74 bits per heavy atom. The maximum absolute atomic E-state index is 12.9. The number of nitrogens with one attached hydrogen (secondary N) is 2. The molecule has 1 aliphatic rings. The zero-order valence-corrected chi connectivity index (χ0v) is 16.9. The number of urea groups is 1. The first-order chi connectivity index (χ1) is 14.8. The molecule has 2 N–H and O–H groups in total. The molecule has 164 valence electrons. The fourth-order valence-electron chi connectivity index (χ4n) is 3.58. The molecule has 2 aromatic rings. The number of likely N-dealkylation sites (tertiary alicyclic amines) is 1. The number of anilines is 1. The van der Waals surface area contributed by atoms with Gasteiger partial charge in [-0.15, -0.1) is 6.58 Å². The quantitative estimate of drug-likeness (QED) is 0.625. The van der Waals surface area contributed by atoms with Crippen LogP contribution in [0.15, 0.2) is 61.2 Å². The van der Waals surface area contributed by atoms with Crippen LogP contribution < -0.4 is 10.6 Å². The summed E-state index contributed by atoms with van der Waals surface area (Å²) >= 11 is 0. The molecule has 3 rings (SSSR count). The van der Waals surface area contributed by atoms with Crippen LogP contribution in [-0.4, -0.2) is 29.9 Å². The molecule has 1 fully saturated rings. The van der Waals surface area contributed by atoms with Gasteiger partial charge in [-0.05, 0) is 61.2 Å². The monoisotopic (exact) mass is 431 g/mol. The van der Waals surface area contributed by atoms with Crippen LogP contribution in [0.3, 0.4) is 0 Å². The van der Waals surface area contributed by atoms with Crippen molar-refractivity contribution < 1.29 is 22.8 Å². The third kappa shape index (κ3) is 5.65. The van der Waals surface area contributed by atoms with Gasteiger partial charge in [-0.3, -0.25) is 4.79 Å². The molecule has 0 unspecified atom stereocenters. The highest BCUT2D eigenvalue weighted by molar-refractivity contribution is 5.95. The summed E-state index contributed by atoms with van der Waals surface area (Å²) in [5.41, 5.74) is 0.958. The molecule has 0 aliphatic carbocycles. The lowest BCUT2D eigenvalue weighted by molar-refractivity contribution is -0.137. The highest BCUT2D eigenvalue weighted by Crippen LogP contribution is 2.34. The highest BCUT2D eigenvalue weighted by atomic mass is 19.4.